The zero-order valence-electron chi connectivity index (χ0n) is 16.4. The van der Waals surface area contributed by atoms with Gasteiger partial charge in [-0.05, 0) is 48.2 Å². The first-order chi connectivity index (χ1) is 13.1. The number of hydrogen-bond donors (Lipinski definition) is 2. The van der Waals surface area contributed by atoms with Crippen molar-refractivity contribution in [3.05, 3.63) is 59.4 Å². The van der Waals surface area contributed by atoms with Crippen molar-refractivity contribution in [3.63, 3.8) is 0 Å². The molecule has 0 heterocycles. The van der Waals surface area contributed by atoms with Crippen molar-refractivity contribution in [2.75, 3.05) is 27.8 Å². The average Bonchev–Trinajstić information content (AvgIpc) is 3.49. The van der Waals surface area contributed by atoms with Gasteiger partial charge in [-0.3, -0.25) is 4.99 Å². The molecule has 2 aromatic carbocycles. The first-order valence-corrected chi connectivity index (χ1v) is 9.02. The highest BCUT2D eigenvalue weighted by Gasteiger charge is 2.44. The summed E-state index contributed by atoms with van der Waals surface area (Å²) in [5, 5.41) is 6.71. The van der Waals surface area contributed by atoms with E-state index < -0.39 is 0 Å². The summed E-state index contributed by atoms with van der Waals surface area (Å²) < 4.78 is 23.8. The number of rotatable bonds is 7. The van der Waals surface area contributed by atoms with Gasteiger partial charge < -0.3 is 20.1 Å². The minimum absolute atomic E-state index is 0. The predicted molar refractivity (Wildman–Crippen MR) is 120 cm³/mol. The fraction of sp³-hybridized carbons (Fsp3) is 0.381. The number of aliphatic imine (C=N–C) groups is 1. The Hall–Kier alpha value is -2.03. The molecule has 0 saturated heterocycles. The second-order valence-electron chi connectivity index (χ2n) is 6.76. The van der Waals surface area contributed by atoms with Gasteiger partial charge in [-0.15, -0.1) is 24.0 Å². The lowest BCUT2D eigenvalue weighted by atomic mass is 9.96. The molecule has 2 aromatic rings. The van der Waals surface area contributed by atoms with Crippen LogP contribution in [0.25, 0.3) is 0 Å². The van der Waals surface area contributed by atoms with E-state index >= 15 is 0 Å². The molecule has 1 fully saturated rings. The van der Waals surface area contributed by atoms with Crippen molar-refractivity contribution in [3.8, 4) is 11.5 Å². The molecule has 28 heavy (non-hydrogen) atoms. The Morgan fingerprint density at radius 1 is 1.04 bits per heavy atom. The van der Waals surface area contributed by atoms with E-state index in [0.29, 0.717) is 18.0 Å². The van der Waals surface area contributed by atoms with Gasteiger partial charge in [-0.1, -0.05) is 18.2 Å². The fourth-order valence-electron chi connectivity index (χ4n) is 3.17. The average molecular weight is 499 g/mol. The smallest absolute Gasteiger partial charge is 0.191 e. The first-order valence-electron chi connectivity index (χ1n) is 9.02. The van der Waals surface area contributed by atoms with Crippen LogP contribution in [0.3, 0.4) is 0 Å². The minimum atomic E-state index is -0.199. The standard InChI is InChI=1S/C21H26FN3O2.HI/c1-23-20(24-13-15-4-9-18(26-2)19(12-15)27-3)25-14-21(10-11-21)16-5-7-17(22)8-6-16;/h4-9,12H,10-11,13-14H2,1-3H3,(H2,23,24,25);1H. The lowest BCUT2D eigenvalue weighted by Crippen LogP contribution is -2.40. The van der Waals surface area contributed by atoms with Crippen LogP contribution in [0.15, 0.2) is 47.5 Å². The van der Waals surface area contributed by atoms with E-state index in [1.807, 2.05) is 30.3 Å². The summed E-state index contributed by atoms with van der Waals surface area (Å²) in [5.74, 6) is 1.94. The molecular formula is C21H27FIN3O2. The normalized spacial score (nSPS) is 14.6. The maximum Gasteiger partial charge on any atom is 0.191 e. The molecule has 3 rings (SSSR count). The largest absolute Gasteiger partial charge is 0.493 e. The summed E-state index contributed by atoms with van der Waals surface area (Å²) in [5.41, 5.74) is 2.32. The summed E-state index contributed by atoms with van der Waals surface area (Å²) in [6, 6.07) is 12.6. The van der Waals surface area contributed by atoms with Crippen molar-refractivity contribution in [1.29, 1.82) is 0 Å². The Kier molecular flexibility index (Phi) is 7.91. The third-order valence-electron chi connectivity index (χ3n) is 5.04. The topological polar surface area (TPSA) is 54.9 Å². The SMILES string of the molecule is CN=C(NCc1ccc(OC)c(OC)c1)NCC1(c2ccc(F)cc2)CC1.I. The quantitative estimate of drug-likeness (QED) is 0.345. The molecule has 1 aliphatic carbocycles. The van der Waals surface area contributed by atoms with Gasteiger partial charge in [0.2, 0.25) is 0 Å². The first kappa shape index (κ1) is 22.3. The van der Waals surface area contributed by atoms with Crippen LogP contribution in [-0.4, -0.2) is 33.8 Å². The van der Waals surface area contributed by atoms with Gasteiger partial charge in [0, 0.05) is 25.6 Å². The molecule has 5 nitrogen and oxygen atoms in total. The zero-order chi connectivity index (χ0) is 19.3. The molecule has 0 atom stereocenters. The molecule has 0 radical (unpaired) electrons. The third-order valence-corrected chi connectivity index (χ3v) is 5.04. The molecule has 7 heteroatoms. The van der Waals surface area contributed by atoms with Crippen molar-refractivity contribution >= 4 is 29.9 Å². The van der Waals surface area contributed by atoms with Crippen molar-refractivity contribution < 1.29 is 13.9 Å². The van der Waals surface area contributed by atoms with E-state index in [1.165, 1.54) is 17.7 Å². The monoisotopic (exact) mass is 499 g/mol. The highest BCUT2D eigenvalue weighted by Crippen LogP contribution is 2.47. The number of nitrogens with one attached hydrogen (secondary N) is 2. The van der Waals surface area contributed by atoms with Crippen molar-refractivity contribution in [2.45, 2.75) is 24.8 Å². The van der Waals surface area contributed by atoms with Crippen LogP contribution >= 0.6 is 24.0 Å². The number of methoxy groups -OCH3 is 2. The number of nitrogens with zero attached hydrogens (tertiary/aromatic N) is 1. The summed E-state index contributed by atoms with van der Waals surface area (Å²) >= 11 is 0. The van der Waals surface area contributed by atoms with E-state index in [1.54, 1.807) is 21.3 Å². The third kappa shape index (κ3) is 5.27. The lowest BCUT2D eigenvalue weighted by Gasteiger charge is -2.19. The van der Waals surface area contributed by atoms with E-state index in [9.17, 15) is 4.39 Å². The highest BCUT2D eigenvalue weighted by atomic mass is 127. The predicted octanol–water partition coefficient (Wildman–Crippen LogP) is 3.86. The van der Waals surface area contributed by atoms with Crippen LogP contribution in [0, 0.1) is 5.82 Å². The zero-order valence-corrected chi connectivity index (χ0v) is 18.8. The van der Waals surface area contributed by atoms with Crippen LogP contribution in [0.2, 0.25) is 0 Å². The Labute approximate surface area is 182 Å². The molecule has 0 bridgehead atoms. The molecule has 152 valence electrons. The summed E-state index contributed by atoms with van der Waals surface area (Å²) in [6.45, 7) is 1.38. The number of hydrogen-bond acceptors (Lipinski definition) is 3. The molecule has 0 unspecified atom stereocenters. The number of ether oxygens (including phenoxy) is 2. The molecular weight excluding hydrogens is 472 g/mol. The molecule has 2 N–H and O–H groups in total. The maximum atomic E-state index is 13.2. The molecule has 0 amide bonds. The fourth-order valence-corrected chi connectivity index (χ4v) is 3.17. The Morgan fingerprint density at radius 2 is 1.71 bits per heavy atom. The highest BCUT2D eigenvalue weighted by molar-refractivity contribution is 14.0. The molecule has 1 saturated carbocycles. The Morgan fingerprint density at radius 3 is 2.29 bits per heavy atom. The van der Waals surface area contributed by atoms with Gasteiger partial charge >= 0.3 is 0 Å². The second kappa shape index (κ2) is 9.95. The van der Waals surface area contributed by atoms with Crippen LogP contribution in [-0.2, 0) is 12.0 Å². The lowest BCUT2D eigenvalue weighted by molar-refractivity contribution is 0.354. The van der Waals surface area contributed by atoms with Gasteiger partial charge in [-0.2, -0.15) is 0 Å². The van der Waals surface area contributed by atoms with Crippen LogP contribution < -0.4 is 20.1 Å². The van der Waals surface area contributed by atoms with Crippen LogP contribution in [0.1, 0.15) is 24.0 Å². The van der Waals surface area contributed by atoms with Gasteiger partial charge in [-0.25, -0.2) is 4.39 Å². The van der Waals surface area contributed by atoms with Crippen molar-refractivity contribution in [2.24, 2.45) is 4.99 Å². The van der Waals surface area contributed by atoms with Gasteiger partial charge in [0.1, 0.15) is 5.82 Å². The Bertz CT molecular complexity index is 808. The second-order valence-corrected chi connectivity index (χ2v) is 6.76. The van der Waals surface area contributed by atoms with Crippen molar-refractivity contribution in [1.82, 2.24) is 10.6 Å². The maximum absolute atomic E-state index is 13.2. The van der Waals surface area contributed by atoms with E-state index in [-0.39, 0.29) is 35.2 Å². The summed E-state index contributed by atoms with van der Waals surface area (Å²) in [4.78, 5) is 4.30. The minimum Gasteiger partial charge on any atom is -0.493 e. The summed E-state index contributed by atoms with van der Waals surface area (Å²) in [7, 11) is 5.00. The van der Waals surface area contributed by atoms with Gasteiger partial charge in [0.25, 0.3) is 0 Å². The number of benzene rings is 2. The van der Waals surface area contributed by atoms with Crippen LogP contribution in [0.4, 0.5) is 4.39 Å². The summed E-state index contributed by atoms with van der Waals surface area (Å²) in [6.07, 6.45) is 2.19. The molecule has 1 aliphatic rings. The van der Waals surface area contributed by atoms with Gasteiger partial charge in [0.15, 0.2) is 17.5 Å². The number of guanidine groups is 1. The van der Waals surface area contributed by atoms with Crippen LogP contribution in [0.5, 0.6) is 11.5 Å². The molecule has 0 aromatic heterocycles. The van der Waals surface area contributed by atoms with E-state index in [4.69, 9.17) is 9.47 Å². The van der Waals surface area contributed by atoms with E-state index in [0.717, 1.165) is 30.9 Å². The molecule has 0 aliphatic heterocycles. The van der Waals surface area contributed by atoms with E-state index in [2.05, 4.69) is 15.6 Å². The Balaban J connectivity index is 0.00000280. The number of halogens is 2. The molecule has 0 spiro atoms. The van der Waals surface area contributed by atoms with Gasteiger partial charge in [0.05, 0.1) is 14.2 Å².